The quantitative estimate of drug-likeness (QED) is 0.300. The Balaban J connectivity index is 0.00000264. The van der Waals surface area contributed by atoms with Gasteiger partial charge in [-0.25, -0.2) is 17.6 Å². The van der Waals surface area contributed by atoms with Crippen molar-refractivity contribution in [1.29, 1.82) is 0 Å². The fraction of sp³-hybridized carbons (Fsp3) is 0.462. The van der Waals surface area contributed by atoms with Crippen LogP contribution in [0.5, 0.6) is 0 Å². The number of hydrogen-bond acceptors (Lipinski definition) is 3. The molecule has 0 fully saturated rings. The zero-order valence-corrected chi connectivity index (χ0v) is 17.0. The van der Waals surface area contributed by atoms with Gasteiger partial charge in [-0.15, -0.1) is 0 Å². The normalized spacial score (nSPS) is 11.9. The van der Waals surface area contributed by atoms with Crippen molar-refractivity contribution in [3.05, 3.63) is 29.6 Å². The van der Waals surface area contributed by atoms with Gasteiger partial charge in [-0.1, -0.05) is 0 Å². The Labute approximate surface area is 166 Å². The number of rotatable bonds is 4. The van der Waals surface area contributed by atoms with Crippen molar-refractivity contribution >= 4 is 21.2 Å². The van der Waals surface area contributed by atoms with E-state index in [2.05, 4.69) is 0 Å². The number of halogens is 4. The van der Waals surface area contributed by atoms with Crippen LogP contribution in [0.1, 0.15) is 17.8 Å². The van der Waals surface area contributed by atoms with Crippen molar-refractivity contribution < 1.29 is 72.7 Å². The first kappa shape index (κ1) is 23.7. The molecular formula is C13H15ClF3N2NaO3S. The maximum absolute atomic E-state index is 12.8. The summed E-state index contributed by atoms with van der Waals surface area (Å²) in [5.74, 6) is 0.132. The van der Waals surface area contributed by atoms with Crippen LogP contribution in [-0.2, 0) is 29.9 Å². The molecule has 0 spiro atoms. The zero-order valence-electron chi connectivity index (χ0n) is 13.4. The minimum Gasteiger partial charge on any atom is -1.00 e. The van der Waals surface area contributed by atoms with Crippen LogP contribution in [0.2, 0.25) is 0 Å². The van der Waals surface area contributed by atoms with Crippen molar-refractivity contribution in [1.82, 2.24) is 4.57 Å². The third-order valence-electron chi connectivity index (χ3n) is 3.61. The molecule has 0 atom stereocenters. The van der Waals surface area contributed by atoms with Gasteiger partial charge >= 0.3 is 35.7 Å². The second-order valence-corrected chi connectivity index (χ2v) is 6.60. The average Bonchev–Trinajstić information content (AvgIpc) is 2.61. The Morgan fingerprint density at radius 3 is 2.38 bits per heavy atom. The summed E-state index contributed by atoms with van der Waals surface area (Å²) in [7, 11) is -2.62. The van der Waals surface area contributed by atoms with E-state index < -0.39 is 27.6 Å². The zero-order chi connectivity index (χ0) is 16.7. The van der Waals surface area contributed by atoms with E-state index in [1.54, 1.807) is 23.1 Å². The van der Waals surface area contributed by atoms with Crippen LogP contribution in [0.25, 0.3) is 11.0 Å². The van der Waals surface area contributed by atoms with E-state index >= 15 is 0 Å². The number of fused-ring (bicyclic) bond motifs is 1. The third kappa shape index (κ3) is 5.34. The van der Waals surface area contributed by atoms with Crippen LogP contribution in [-0.4, -0.2) is 23.3 Å². The topological polar surface area (TPSA) is 66.0 Å². The Bertz CT molecular complexity index is 822. The number of imidazole rings is 1. The molecule has 0 unspecified atom stereocenters. The predicted octanol–water partition coefficient (Wildman–Crippen LogP) is -4.26. The van der Waals surface area contributed by atoms with Crippen LogP contribution in [0.4, 0.5) is 13.2 Å². The van der Waals surface area contributed by atoms with Crippen molar-refractivity contribution in [2.24, 2.45) is 7.05 Å². The van der Waals surface area contributed by atoms with Crippen molar-refractivity contribution in [2.75, 3.05) is 5.75 Å². The van der Waals surface area contributed by atoms with Gasteiger partial charge < -0.3 is 17.0 Å². The van der Waals surface area contributed by atoms with E-state index in [9.17, 15) is 26.1 Å². The largest absolute Gasteiger partial charge is 1.00 e. The third-order valence-corrected chi connectivity index (χ3v) is 4.40. The first-order valence-electron chi connectivity index (χ1n) is 6.50. The molecule has 0 amide bonds. The summed E-state index contributed by atoms with van der Waals surface area (Å²) in [4.78, 5) is 0. The maximum Gasteiger partial charge on any atom is 1.00 e. The fourth-order valence-electron chi connectivity index (χ4n) is 2.41. The van der Waals surface area contributed by atoms with Gasteiger partial charge in [0.1, 0.15) is 0 Å². The van der Waals surface area contributed by atoms with Crippen LogP contribution in [0.15, 0.2) is 18.2 Å². The standard InChI is InChI=1S/C13H15F3N2O3S.ClH.Na/c1-9-17(2)11-5-4-10(13(14,15)16)8-12(11)18(9)6-3-7-22(19,20)21;;/h4-5,8H,3,6-7H2,1-2H3;1H;/q;;+1/p-1. The fourth-order valence-corrected chi connectivity index (χ4v) is 2.89. The molecule has 2 rings (SSSR count). The number of hydrogen-bond donors (Lipinski definition) is 0. The molecule has 0 N–H and O–H groups in total. The molecule has 0 radical (unpaired) electrons. The van der Waals surface area contributed by atoms with Gasteiger partial charge in [0.15, 0.2) is 11.0 Å². The molecule has 11 heteroatoms. The van der Waals surface area contributed by atoms with Gasteiger partial charge in [0.2, 0.25) is 0 Å². The van der Waals surface area contributed by atoms with E-state index in [1.165, 1.54) is 6.07 Å². The summed E-state index contributed by atoms with van der Waals surface area (Å²) in [6, 6.07) is 3.42. The molecule has 0 aliphatic rings. The van der Waals surface area contributed by atoms with Crippen molar-refractivity contribution in [3.8, 4) is 0 Å². The van der Waals surface area contributed by atoms with Gasteiger partial charge in [-0.3, -0.25) is 0 Å². The Morgan fingerprint density at radius 2 is 1.88 bits per heavy atom. The minimum absolute atomic E-state index is 0. The van der Waals surface area contributed by atoms with Crippen LogP contribution in [0, 0.1) is 6.92 Å². The Hall–Kier alpha value is -0.320. The molecule has 130 valence electrons. The Kier molecular flexibility index (Phi) is 8.26. The number of aromatic nitrogens is 2. The molecule has 0 aliphatic heterocycles. The van der Waals surface area contributed by atoms with Crippen LogP contribution in [0.3, 0.4) is 0 Å². The molecule has 1 aromatic heterocycles. The molecule has 5 nitrogen and oxygen atoms in total. The molecule has 0 saturated carbocycles. The second kappa shape index (κ2) is 8.37. The van der Waals surface area contributed by atoms with Crippen LogP contribution < -0.4 is 46.5 Å². The van der Waals surface area contributed by atoms with Gasteiger partial charge in [0.05, 0.1) is 29.3 Å². The average molecular weight is 395 g/mol. The molecule has 2 aromatic rings. The van der Waals surface area contributed by atoms with Crippen molar-refractivity contribution in [2.45, 2.75) is 26.1 Å². The first-order valence-corrected chi connectivity index (χ1v) is 8.08. The molecule has 0 bridgehead atoms. The van der Waals surface area contributed by atoms with Crippen molar-refractivity contribution in [3.63, 3.8) is 0 Å². The van der Waals surface area contributed by atoms with E-state index in [4.69, 9.17) is 0 Å². The molecular weight excluding hydrogens is 380 g/mol. The monoisotopic (exact) mass is 394 g/mol. The van der Waals surface area contributed by atoms with E-state index in [-0.39, 0.29) is 54.9 Å². The molecule has 24 heavy (non-hydrogen) atoms. The van der Waals surface area contributed by atoms with E-state index in [0.717, 1.165) is 12.1 Å². The number of nitrogens with zero attached hydrogens (tertiary/aromatic N) is 2. The summed E-state index contributed by atoms with van der Waals surface area (Å²) in [6.07, 6.45) is -4.40. The summed E-state index contributed by atoms with van der Waals surface area (Å²) >= 11 is 0. The SMILES string of the molecule is Cc1n(CCCS(=O)(=O)[O-])c2cc(C(F)(F)F)ccc2[n+]1C.[Cl-].[Na+]. The van der Waals surface area contributed by atoms with E-state index in [1.807, 2.05) is 0 Å². The summed E-state index contributed by atoms with van der Waals surface area (Å²) < 4.78 is 73.7. The van der Waals surface area contributed by atoms with Crippen LogP contribution >= 0.6 is 0 Å². The number of alkyl halides is 3. The smallest absolute Gasteiger partial charge is 1.00 e. The Morgan fingerprint density at radius 1 is 1.29 bits per heavy atom. The molecule has 1 aromatic carbocycles. The summed E-state index contributed by atoms with van der Waals surface area (Å²) in [5, 5.41) is 0. The molecule has 0 saturated heterocycles. The summed E-state index contributed by atoms with van der Waals surface area (Å²) in [5.41, 5.74) is 0.199. The summed E-state index contributed by atoms with van der Waals surface area (Å²) in [6.45, 7) is 1.88. The second-order valence-electron chi connectivity index (χ2n) is 5.07. The minimum atomic E-state index is -4.45. The van der Waals surface area contributed by atoms with Gasteiger partial charge in [0, 0.05) is 18.7 Å². The predicted molar refractivity (Wildman–Crippen MR) is 72.0 cm³/mol. The van der Waals surface area contributed by atoms with Gasteiger partial charge in [-0.2, -0.15) is 13.2 Å². The number of aryl methyl sites for hydroxylation is 2. The van der Waals surface area contributed by atoms with E-state index in [0.29, 0.717) is 16.9 Å². The molecule has 0 aliphatic carbocycles. The molecule has 1 heterocycles. The first-order chi connectivity index (χ1) is 10.0. The van der Waals surface area contributed by atoms with Gasteiger partial charge in [-0.05, 0) is 18.6 Å². The number of benzene rings is 1. The maximum atomic E-state index is 12.8. The van der Waals surface area contributed by atoms with Gasteiger partial charge in [0.25, 0.3) is 5.82 Å².